The number of rotatable bonds is 5. The van der Waals surface area contributed by atoms with E-state index in [2.05, 4.69) is 59.4 Å². The molecule has 0 bridgehead atoms. The molecule has 4 rings (SSSR count). The van der Waals surface area contributed by atoms with Crippen LogP contribution < -0.4 is 5.56 Å². The molecule has 0 amide bonds. The van der Waals surface area contributed by atoms with Crippen LogP contribution in [0, 0.1) is 13.8 Å². The average Bonchev–Trinajstić information content (AvgIpc) is 3.34. The van der Waals surface area contributed by atoms with Gasteiger partial charge in [-0.1, -0.05) is 42.6 Å². The Morgan fingerprint density at radius 3 is 2.70 bits per heavy atom. The van der Waals surface area contributed by atoms with E-state index in [1.165, 1.54) is 41.7 Å². The van der Waals surface area contributed by atoms with E-state index in [4.69, 9.17) is 4.98 Å². The number of hydrogen-bond donors (Lipinski definition) is 0. The summed E-state index contributed by atoms with van der Waals surface area (Å²) in [5.74, 6) is 0.840. The van der Waals surface area contributed by atoms with Crippen molar-refractivity contribution in [3.05, 3.63) is 61.9 Å². The van der Waals surface area contributed by atoms with Gasteiger partial charge in [0.25, 0.3) is 5.56 Å². The maximum Gasteiger partial charge on any atom is 0.282 e. The fourth-order valence-corrected chi connectivity index (χ4v) is 4.92. The van der Waals surface area contributed by atoms with Gasteiger partial charge >= 0.3 is 0 Å². The quantitative estimate of drug-likeness (QED) is 0.425. The standard InChI is InChI=1S/C24H29BrN4O/c1-5-15(2)23-27-22-11-10-19(25)13-21(22)24(30)29(23)26-14-18-12-16(3)28(17(18)4)20-8-6-7-9-20/h10-15,20H,5-9H2,1-4H3/t15-/m1/s1. The molecule has 0 aliphatic heterocycles. The minimum absolute atomic E-state index is 0.127. The second-order valence-corrected chi connectivity index (χ2v) is 9.35. The molecule has 30 heavy (non-hydrogen) atoms. The molecule has 3 aromatic rings. The molecule has 1 aliphatic rings. The maximum absolute atomic E-state index is 13.3. The van der Waals surface area contributed by atoms with Crippen molar-refractivity contribution in [3.8, 4) is 0 Å². The fourth-order valence-electron chi connectivity index (χ4n) is 4.56. The summed E-state index contributed by atoms with van der Waals surface area (Å²) >= 11 is 3.46. The average molecular weight is 469 g/mol. The Bertz CT molecular complexity index is 1170. The monoisotopic (exact) mass is 468 g/mol. The van der Waals surface area contributed by atoms with Crippen molar-refractivity contribution in [3.63, 3.8) is 0 Å². The predicted molar refractivity (Wildman–Crippen MR) is 127 cm³/mol. The lowest BCUT2D eigenvalue weighted by Crippen LogP contribution is -2.23. The normalized spacial score (nSPS) is 16.2. The van der Waals surface area contributed by atoms with Crippen LogP contribution in [0.4, 0.5) is 0 Å². The van der Waals surface area contributed by atoms with E-state index in [1.54, 1.807) is 0 Å². The summed E-state index contributed by atoms with van der Waals surface area (Å²) in [5, 5.41) is 5.23. The Morgan fingerprint density at radius 2 is 2.00 bits per heavy atom. The first-order valence-corrected chi connectivity index (χ1v) is 11.6. The van der Waals surface area contributed by atoms with E-state index in [9.17, 15) is 4.79 Å². The third-order valence-corrected chi connectivity index (χ3v) is 6.91. The number of nitrogens with zero attached hydrogens (tertiary/aromatic N) is 4. The van der Waals surface area contributed by atoms with Gasteiger partial charge in [-0.05, 0) is 57.4 Å². The smallest absolute Gasteiger partial charge is 0.282 e. The van der Waals surface area contributed by atoms with Crippen molar-refractivity contribution in [2.24, 2.45) is 5.10 Å². The molecular formula is C24H29BrN4O. The van der Waals surface area contributed by atoms with Crippen molar-refractivity contribution in [2.45, 2.75) is 71.8 Å². The molecule has 158 valence electrons. The Morgan fingerprint density at radius 1 is 1.27 bits per heavy atom. The number of fused-ring (bicyclic) bond motifs is 1. The SMILES string of the molecule is CC[C@@H](C)c1nc2ccc(Br)cc2c(=O)n1N=Cc1cc(C)n(C2CCCC2)c1C. The Kier molecular flexibility index (Phi) is 5.96. The molecule has 1 atom stereocenters. The van der Waals surface area contributed by atoms with Gasteiger partial charge in [-0.2, -0.15) is 9.78 Å². The molecule has 2 heterocycles. The predicted octanol–water partition coefficient (Wildman–Crippen LogP) is 6.09. The zero-order chi connectivity index (χ0) is 21.4. The van der Waals surface area contributed by atoms with Gasteiger partial charge in [0.1, 0.15) is 5.82 Å². The Balaban J connectivity index is 1.81. The highest BCUT2D eigenvalue weighted by molar-refractivity contribution is 9.10. The second-order valence-electron chi connectivity index (χ2n) is 8.44. The molecule has 0 spiro atoms. The summed E-state index contributed by atoms with van der Waals surface area (Å²) in [6.07, 6.45) is 7.81. The van der Waals surface area contributed by atoms with E-state index >= 15 is 0 Å². The van der Waals surface area contributed by atoms with Gasteiger partial charge in [-0.3, -0.25) is 4.79 Å². The molecule has 0 radical (unpaired) electrons. The number of benzene rings is 1. The van der Waals surface area contributed by atoms with Crippen LogP contribution in [0.15, 0.2) is 38.6 Å². The first-order valence-electron chi connectivity index (χ1n) is 10.9. The van der Waals surface area contributed by atoms with E-state index in [-0.39, 0.29) is 11.5 Å². The van der Waals surface area contributed by atoms with Crippen molar-refractivity contribution in [1.29, 1.82) is 0 Å². The van der Waals surface area contributed by atoms with Gasteiger partial charge < -0.3 is 4.57 Å². The van der Waals surface area contributed by atoms with Gasteiger partial charge in [0, 0.05) is 33.4 Å². The topological polar surface area (TPSA) is 52.2 Å². The molecule has 1 saturated carbocycles. The fraction of sp³-hybridized carbons (Fsp3) is 0.458. The molecule has 0 saturated heterocycles. The number of hydrogen-bond acceptors (Lipinski definition) is 3. The van der Waals surface area contributed by atoms with Crippen LogP contribution in [-0.4, -0.2) is 20.4 Å². The zero-order valence-corrected chi connectivity index (χ0v) is 19.7. The summed E-state index contributed by atoms with van der Waals surface area (Å²) in [5.41, 5.74) is 4.13. The lowest BCUT2D eigenvalue weighted by Gasteiger charge is -2.17. The van der Waals surface area contributed by atoms with Gasteiger partial charge in [-0.15, -0.1) is 0 Å². The number of halogens is 1. The summed E-state index contributed by atoms with van der Waals surface area (Å²) in [6.45, 7) is 8.51. The van der Waals surface area contributed by atoms with Crippen molar-refractivity contribution < 1.29 is 0 Å². The maximum atomic E-state index is 13.3. The lowest BCUT2D eigenvalue weighted by molar-refractivity contribution is 0.500. The zero-order valence-electron chi connectivity index (χ0n) is 18.2. The number of aryl methyl sites for hydroxylation is 1. The number of aromatic nitrogens is 3. The van der Waals surface area contributed by atoms with Crippen LogP contribution in [-0.2, 0) is 0 Å². The van der Waals surface area contributed by atoms with Gasteiger partial charge in [0.2, 0.25) is 0 Å². The summed E-state index contributed by atoms with van der Waals surface area (Å²) in [7, 11) is 0. The first kappa shape index (κ1) is 21.0. The third kappa shape index (κ3) is 3.78. The highest BCUT2D eigenvalue weighted by Crippen LogP contribution is 2.33. The van der Waals surface area contributed by atoms with Crippen LogP contribution in [0.3, 0.4) is 0 Å². The summed E-state index contributed by atoms with van der Waals surface area (Å²) in [6, 6.07) is 8.39. The highest BCUT2D eigenvalue weighted by atomic mass is 79.9. The van der Waals surface area contributed by atoms with Gasteiger partial charge in [-0.25, -0.2) is 4.98 Å². The van der Waals surface area contributed by atoms with Crippen molar-refractivity contribution in [1.82, 2.24) is 14.2 Å². The van der Waals surface area contributed by atoms with E-state index < -0.39 is 0 Å². The minimum Gasteiger partial charge on any atom is -0.345 e. The van der Waals surface area contributed by atoms with E-state index in [0.717, 1.165) is 16.5 Å². The molecule has 6 heteroatoms. The van der Waals surface area contributed by atoms with Crippen LogP contribution in [0.25, 0.3) is 10.9 Å². The van der Waals surface area contributed by atoms with Gasteiger partial charge in [0.05, 0.1) is 17.1 Å². The minimum atomic E-state index is -0.127. The molecule has 1 aromatic carbocycles. The van der Waals surface area contributed by atoms with Crippen molar-refractivity contribution >= 4 is 33.0 Å². The molecule has 1 aliphatic carbocycles. The first-order chi connectivity index (χ1) is 14.4. The van der Waals surface area contributed by atoms with E-state index in [1.807, 2.05) is 24.4 Å². The van der Waals surface area contributed by atoms with E-state index in [0.29, 0.717) is 22.8 Å². The van der Waals surface area contributed by atoms with Crippen LogP contribution in [0.5, 0.6) is 0 Å². The van der Waals surface area contributed by atoms with Crippen LogP contribution >= 0.6 is 15.9 Å². The Hall–Kier alpha value is -2.21. The largest absolute Gasteiger partial charge is 0.345 e. The molecule has 1 fully saturated rings. The van der Waals surface area contributed by atoms with Crippen LogP contribution in [0.1, 0.15) is 80.7 Å². The summed E-state index contributed by atoms with van der Waals surface area (Å²) < 4.78 is 4.80. The highest BCUT2D eigenvalue weighted by Gasteiger charge is 2.21. The lowest BCUT2D eigenvalue weighted by atomic mass is 10.1. The van der Waals surface area contributed by atoms with Crippen molar-refractivity contribution in [2.75, 3.05) is 0 Å². The van der Waals surface area contributed by atoms with Gasteiger partial charge in [0.15, 0.2) is 0 Å². The molecular weight excluding hydrogens is 440 g/mol. The second kappa shape index (κ2) is 8.50. The summed E-state index contributed by atoms with van der Waals surface area (Å²) in [4.78, 5) is 18.1. The molecule has 0 unspecified atom stereocenters. The van der Waals surface area contributed by atoms with Crippen LogP contribution in [0.2, 0.25) is 0 Å². The molecule has 2 aromatic heterocycles. The molecule has 5 nitrogen and oxygen atoms in total. The third-order valence-electron chi connectivity index (χ3n) is 6.41. The Labute approximate surface area is 186 Å². The molecule has 0 N–H and O–H groups in total.